The Hall–Kier alpha value is -6.62. The van der Waals surface area contributed by atoms with Crippen LogP contribution in [0.4, 0.5) is 0 Å². The molecule has 0 unspecified atom stereocenters. The van der Waals surface area contributed by atoms with E-state index in [-0.39, 0.29) is 34.8 Å². The molecule has 2 amide bonds. The number of aromatic hydroxyl groups is 1. The van der Waals surface area contributed by atoms with Gasteiger partial charge in [-0.25, -0.2) is 29.5 Å². The zero-order chi connectivity index (χ0) is 54.2. The number of ether oxygens (including phenoxy) is 2. The van der Waals surface area contributed by atoms with Crippen molar-refractivity contribution < 1.29 is 33.8 Å². The minimum Gasteiger partial charge on any atom is -0.508 e. The largest absolute Gasteiger partial charge is 0.508 e. The van der Waals surface area contributed by atoms with E-state index in [1.165, 1.54) is 22.7 Å². The van der Waals surface area contributed by atoms with Crippen molar-refractivity contribution in [3.8, 4) is 39.7 Å². The highest BCUT2D eigenvalue weighted by atomic mass is 79.9. The van der Waals surface area contributed by atoms with Gasteiger partial charge >= 0.3 is 11.9 Å². The third-order valence-corrected chi connectivity index (χ3v) is 14.3. The number of carbonyl (C=O) groups is 4. The highest BCUT2D eigenvalue weighted by Gasteiger charge is 2.30. The number of amides is 2. The van der Waals surface area contributed by atoms with E-state index >= 15 is 0 Å². The van der Waals surface area contributed by atoms with E-state index in [1.807, 2.05) is 93.6 Å². The van der Waals surface area contributed by atoms with Crippen LogP contribution in [-0.2, 0) is 42.7 Å². The standard InChI is InChI=1S/C32H35N3O4S.C26H30BrN3O3S/c1-31(2,3)27-16-15-26(40-27)29(37)35-25(30(38)39-32(4,5)6)17-20-7-9-22(10-8-20)28-33-18-23(19-34-28)21-11-13-24(36)14-12-21;1-25(2,3)21-12-11-20(34-21)23(31)30-19(24(32)33-26(4,5)6)13-16-7-9-17(10-8-16)22-28-14-18(27)15-29-22/h7-16,18-19,25,36H,17H2,1-6H3,(H,35,37);7-12,14-15,19H,13H2,1-6H3,(H,30,31)/t25-;19-/m00/s1. The quantitative estimate of drug-likeness (QED) is 0.0934. The number of rotatable bonds is 13. The minimum atomic E-state index is -0.849. The van der Waals surface area contributed by atoms with Gasteiger partial charge in [0.15, 0.2) is 11.6 Å². The van der Waals surface area contributed by atoms with Crippen LogP contribution in [0.25, 0.3) is 33.9 Å². The van der Waals surface area contributed by atoms with Crippen LogP contribution in [0.1, 0.15) is 123 Å². The molecule has 16 heteroatoms. The first-order valence-electron chi connectivity index (χ1n) is 24.2. The molecule has 0 aliphatic rings. The monoisotopic (exact) mass is 1100 g/mol. The SMILES string of the molecule is CC(C)(C)OC(=O)[C@H](Cc1ccc(-c2ncc(-c3ccc(O)cc3)cn2)cc1)NC(=O)c1ccc(C(C)(C)C)s1.CC(C)(C)OC(=O)[C@H](Cc1ccc(-c2ncc(Br)cn2)cc1)NC(=O)c1ccc(C(C)(C)C)s1. The first-order valence-corrected chi connectivity index (χ1v) is 26.6. The van der Waals surface area contributed by atoms with Crippen molar-refractivity contribution in [2.24, 2.45) is 0 Å². The lowest BCUT2D eigenvalue weighted by molar-refractivity contribution is -0.158. The second kappa shape index (κ2) is 23.7. The molecule has 7 aromatic rings. The molecule has 3 aromatic carbocycles. The summed E-state index contributed by atoms with van der Waals surface area (Å²) in [7, 11) is 0. The Kier molecular flexibility index (Phi) is 18.2. The lowest BCUT2D eigenvalue weighted by Gasteiger charge is -2.24. The summed E-state index contributed by atoms with van der Waals surface area (Å²) in [6, 6.07) is 28.0. The lowest BCUT2D eigenvalue weighted by Crippen LogP contribution is -2.45. The molecule has 0 aliphatic heterocycles. The number of hydrogen-bond acceptors (Lipinski definition) is 13. The zero-order valence-electron chi connectivity index (χ0n) is 44.0. The predicted molar refractivity (Wildman–Crippen MR) is 297 cm³/mol. The van der Waals surface area contributed by atoms with Gasteiger partial charge in [0.1, 0.15) is 29.0 Å². The van der Waals surface area contributed by atoms with Crippen LogP contribution < -0.4 is 10.6 Å². The summed E-state index contributed by atoms with van der Waals surface area (Å²) >= 11 is 6.21. The van der Waals surface area contributed by atoms with Gasteiger partial charge in [-0.1, -0.05) is 102 Å². The molecule has 0 aliphatic carbocycles. The maximum Gasteiger partial charge on any atom is 0.329 e. The molecule has 74 heavy (non-hydrogen) atoms. The zero-order valence-corrected chi connectivity index (χ0v) is 47.2. The Morgan fingerprint density at radius 3 is 1.19 bits per heavy atom. The van der Waals surface area contributed by atoms with E-state index < -0.39 is 35.2 Å². The van der Waals surface area contributed by atoms with Gasteiger partial charge in [-0.3, -0.25) is 9.59 Å². The van der Waals surface area contributed by atoms with Crippen molar-refractivity contribution in [1.82, 2.24) is 30.6 Å². The van der Waals surface area contributed by atoms with Crippen molar-refractivity contribution in [3.63, 3.8) is 0 Å². The van der Waals surface area contributed by atoms with Crippen molar-refractivity contribution in [2.45, 2.75) is 130 Å². The van der Waals surface area contributed by atoms with E-state index in [0.717, 1.165) is 47.6 Å². The fourth-order valence-corrected chi connectivity index (χ4v) is 9.25. The summed E-state index contributed by atoms with van der Waals surface area (Å²) in [4.78, 5) is 73.1. The van der Waals surface area contributed by atoms with Crippen LogP contribution >= 0.6 is 38.6 Å². The number of esters is 2. The van der Waals surface area contributed by atoms with Gasteiger partial charge in [0.2, 0.25) is 0 Å². The number of thiophene rings is 2. The summed E-state index contributed by atoms with van der Waals surface area (Å²) in [5.74, 6) is -0.139. The number of phenols is 1. The molecule has 0 radical (unpaired) electrons. The maximum absolute atomic E-state index is 13.1. The van der Waals surface area contributed by atoms with Crippen LogP contribution in [-0.4, -0.2) is 72.1 Å². The molecule has 0 spiro atoms. The summed E-state index contributed by atoms with van der Waals surface area (Å²) in [6.45, 7) is 23.5. The molecule has 7 rings (SSSR count). The summed E-state index contributed by atoms with van der Waals surface area (Å²) in [5.41, 5.74) is 3.74. The van der Waals surface area contributed by atoms with E-state index in [9.17, 15) is 24.3 Å². The van der Waals surface area contributed by atoms with Gasteiger partial charge in [0, 0.05) is 64.1 Å². The van der Waals surface area contributed by atoms with Crippen LogP contribution in [0.3, 0.4) is 0 Å². The maximum atomic E-state index is 13.1. The van der Waals surface area contributed by atoms with Gasteiger partial charge in [-0.05, 0) is 121 Å². The van der Waals surface area contributed by atoms with Crippen LogP contribution in [0, 0.1) is 0 Å². The summed E-state index contributed by atoms with van der Waals surface area (Å²) in [5, 5.41) is 15.3. The van der Waals surface area contributed by atoms with Gasteiger partial charge in [0.25, 0.3) is 11.8 Å². The first kappa shape index (κ1) is 56.7. The number of nitrogens with zero attached hydrogens (tertiary/aromatic N) is 4. The number of phenolic OH excluding ortho intramolecular Hbond substituents is 1. The summed E-state index contributed by atoms with van der Waals surface area (Å²) < 4.78 is 12.0. The Morgan fingerprint density at radius 1 is 0.500 bits per heavy atom. The average Bonchev–Trinajstić information content (AvgIpc) is 4.05. The second-order valence-corrected chi connectivity index (χ2v) is 24.9. The first-order chi connectivity index (χ1) is 34.6. The highest BCUT2D eigenvalue weighted by Crippen LogP contribution is 2.31. The lowest BCUT2D eigenvalue weighted by atomic mass is 9.95. The molecule has 4 aromatic heterocycles. The minimum absolute atomic E-state index is 0.0476. The summed E-state index contributed by atoms with van der Waals surface area (Å²) in [6.07, 6.45) is 7.46. The number of nitrogens with one attached hydrogen (secondary N) is 2. The topological polar surface area (TPSA) is 183 Å². The molecule has 4 heterocycles. The van der Waals surface area contributed by atoms with Gasteiger partial charge in [0.05, 0.1) is 14.2 Å². The van der Waals surface area contributed by atoms with Gasteiger partial charge in [-0.15, -0.1) is 22.7 Å². The van der Waals surface area contributed by atoms with Crippen molar-refractivity contribution >= 4 is 62.4 Å². The number of benzene rings is 3. The molecule has 0 fully saturated rings. The predicted octanol–water partition coefficient (Wildman–Crippen LogP) is 12.5. The average molecular weight is 1100 g/mol. The van der Waals surface area contributed by atoms with E-state index in [0.29, 0.717) is 27.8 Å². The van der Waals surface area contributed by atoms with Crippen molar-refractivity contribution in [2.75, 3.05) is 0 Å². The highest BCUT2D eigenvalue weighted by molar-refractivity contribution is 9.10. The Bertz CT molecular complexity index is 3020. The number of halogens is 1. The molecular weight excluding hydrogens is 1040 g/mol. The second-order valence-electron chi connectivity index (χ2n) is 21.8. The molecule has 2 atom stereocenters. The van der Waals surface area contributed by atoms with E-state index in [2.05, 4.69) is 88.0 Å². The van der Waals surface area contributed by atoms with E-state index in [1.54, 1.807) is 69.8 Å². The smallest absolute Gasteiger partial charge is 0.329 e. The third kappa shape index (κ3) is 16.7. The fraction of sp³-hybridized carbons (Fsp3) is 0.345. The van der Waals surface area contributed by atoms with Crippen molar-refractivity contribution in [1.29, 1.82) is 0 Å². The molecule has 0 bridgehead atoms. The van der Waals surface area contributed by atoms with Gasteiger partial charge < -0.3 is 25.2 Å². The van der Waals surface area contributed by atoms with Crippen LogP contribution in [0.5, 0.6) is 5.75 Å². The molecular formula is C58H65BrN6O7S2. The molecule has 3 N–H and O–H groups in total. The molecule has 388 valence electrons. The van der Waals surface area contributed by atoms with Crippen LogP contribution in [0.2, 0.25) is 0 Å². The number of hydrogen-bond donors (Lipinski definition) is 3. The number of carbonyl (C=O) groups excluding carboxylic acids is 4. The molecule has 13 nitrogen and oxygen atoms in total. The fourth-order valence-electron chi connectivity index (χ4n) is 7.11. The number of aromatic nitrogens is 4. The molecule has 0 saturated heterocycles. The Balaban J connectivity index is 0.000000244. The van der Waals surface area contributed by atoms with Crippen molar-refractivity contribution in [3.05, 3.63) is 157 Å². The Morgan fingerprint density at radius 2 is 0.851 bits per heavy atom. The normalized spacial score (nSPS) is 12.7. The van der Waals surface area contributed by atoms with E-state index in [4.69, 9.17) is 9.47 Å². The van der Waals surface area contributed by atoms with Crippen LogP contribution in [0.15, 0.2) is 126 Å². The van der Waals surface area contributed by atoms with Gasteiger partial charge in [-0.2, -0.15) is 0 Å². The third-order valence-electron chi connectivity index (χ3n) is 10.9. The molecule has 0 saturated carbocycles. The Labute approximate surface area is 450 Å².